The Hall–Kier alpha value is -1.95. The second-order valence-corrected chi connectivity index (χ2v) is 5.72. The lowest BCUT2D eigenvalue weighted by molar-refractivity contribution is -0.127. The van der Waals surface area contributed by atoms with E-state index in [0.717, 1.165) is 6.54 Å². The van der Waals surface area contributed by atoms with Crippen molar-refractivity contribution in [3.8, 4) is 0 Å². The summed E-state index contributed by atoms with van der Waals surface area (Å²) in [6, 6.07) is 5.20. The topological polar surface area (TPSA) is 52.7 Å². The normalized spacial score (nSPS) is 19.3. The fraction of sp³-hybridized carbons (Fsp3) is 0.500. The Morgan fingerprint density at radius 1 is 1.23 bits per heavy atom. The molecular formula is C16H22FN3O2. The molecule has 0 aromatic heterocycles. The number of piperazine rings is 1. The molecule has 0 unspecified atom stereocenters. The zero-order chi connectivity index (χ0) is 16.3. The van der Waals surface area contributed by atoms with E-state index in [0.29, 0.717) is 24.7 Å². The summed E-state index contributed by atoms with van der Waals surface area (Å²) in [6.07, 6.45) is 0. The molecule has 0 bridgehead atoms. The van der Waals surface area contributed by atoms with E-state index < -0.39 is 6.04 Å². The van der Waals surface area contributed by atoms with Crippen LogP contribution in [0, 0.1) is 5.82 Å². The van der Waals surface area contributed by atoms with Crippen molar-refractivity contribution in [2.75, 3.05) is 26.7 Å². The van der Waals surface area contributed by atoms with Crippen LogP contribution in [0.4, 0.5) is 4.39 Å². The first-order valence-electron chi connectivity index (χ1n) is 7.46. The van der Waals surface area contributed by atoms with Crippen LogP contribution in [0.25, 0.3) is 0 Å². The molecule has 1 fully saturated rings. The molecule has 6 heteroatoms. The van der Waals surface area contributed by atoms with Crippen molar-refractivity contribution in [2.24, 2.45) is 0 Å². The summed E-state index contributed by atoms with van der Waals surface area (Å²) < 4.78 is 13.0. The Kier molecular flexibility index (Phi) is 5.13. The zero-order valence-corrected chi connectivity index (χ0v) is 13.2. The minimum Gasteiger partial charge on any atom is -0.357 e. The van der Waals surface area contributed by atoms with Gasteiger partial charge in [0, 0.05) is 38.3 Å². The Morgan fingerprint density at radius 2 is 1.86 bits per heavy atom. The third kappa shape index (κ3) is 3.44. The van der Waals surface area contributed by atoms with E-state index in [2.05, 4.69) is 24.1 Å². The van der Waals surface area contributed by atoms with Gasteiger partial charge in [0.15, 0.2) is 0 Å². The third-order valence-corrected chi connectivity index (χ3v) is 4.04. The number of nitrogens with one attached hydrogen (secondary N) is 1. The first-order chi connectivity index (χ1) is 10.4. The molecule has 1 aliphatic rings. The number of halogens is 1. The van der Waals surface area contributed by atoms with Gasteiger partial charge in [-0.2, -0.15) is 0 Å². The van der Waals surface area contributed by atoms with E-state index in [9.17, 15) is 14.0 Å². The summed E-state index contributed by atoms with van der Waals surface area (Å²) >= 11 is 0. The molecule has 120 valence electrons. The summed E-state index contributed by atoms with van der Waals surface area (Å²) in [4.78, 5) is 28.5. The molecule has 2 rings (SSSR count). The van der Waals surface area contributed by atoms with Crippen LogP contribution in [0.15, 0.2) is 24.3 Å². The quantitative estimate of drug-likeness (QED) is 0.910. The lowest BCUT2D eigenvalue weighted by atomic mass is 10.1. The first kappa shape index (κ1) is 16.4. The van der Waals surface area contributed by atoms with Crippen molar-refractivity contribution < 1.29 is 14.0 Å². The highest BCUT2D eigenvalue weighted by molar-refractivity contribution is 5.97. The van der Waals surface area contributed by atoms with Crippen LogP contribution in [0.2, 0.25) is 0 Å². The van der Waals surface area contributed by atoms with Crippen LogP contribution in [0.3, 0.4) is 0 Å². The van der Waals surface area contributed by atoms with Gasteiger partial charge in [0.25, 0.3) is 5.91 Å². The predicted molar refractivity (Wildman–Crippen MR) is 82.0 cm³/mol. The average molecular weight is 307 g/mol. The van der Waals surface area contributed by atoms with Crippen LogP contribution in [-0.4, -0.2) is 60.4 Å². The third-order valence-electron chi connectivity index (χ3n) is 4.04. The van der Waals surface area contributed by atoms with E-state index in [-0.39, 0.29) is 17.6 Å². The van der Waals surface area contributed by atoms with Crippen LogP contribution in [0.5, 0.6) is 0 Å². The SMILES string of the molecule is CNC(=O)[C@H]1CN(C(C)C)CCN1C(=O)c1ccc(F)cc1. The molecule has 0 spiro atoms. The number of carbonyl (C=O) groups excluding carboxylic acids is 2. The Labute approximate surface area is 130 Å². The van der Waals surface area contributed by atoms with Crippen molar-refractivity contribution in [1.29, 1.82) is 0 Å². The molecule has 1 saturated heterocycles. The highest BCUT2D eigenvalue weighted by atomic mass is 19.1. The Bertz CT molecular complexity index is 545. The van der Waals surface area contributed by atoms with Gasteiger partial charge in [-0.15, -0.1) is 0 Å². The smallest absolute Gasteiger partial charge is 0.254 e. The minimum atomic E-state index is -0.529. The van der Waals surface area contributed by atoms with E-state index in [4.69, 9.17) is 0 Å². The second kappa shape index (κ2) is 6.87. The van der Waals surface area contributed by atoms with Gasteiger partial charge in [0.1, 0.15) is 11.9 Å². The van der Waals surface area contributed by atoms with Crippen LogP contribution >= 0.6 is 0 Å². The number of hydrogen-bond acceptors (Lipinski definition) is 3. The average Bonchev–Trinajstić information content (AvgIpc) is 2.53. The van der Waals surface area contributed by atoms with Gasteiger partial charge in [0.2, 0.25) is 5.91 Å². The molecule has 1 aromatic rings. The van der Waals surface area contributed by atoms with Crippen LogP contribution in [0.1, 0.15) is 24.2 Å². The molecule has 1 aromatic carbocycles. The molecule has 1 atom stereocenters. The summed E-state index contributed by atoms with van der Waals surface area (Å²) in [5.41, 5.74) is 0.397. The first-order valence-corrected chi connectivity index (χ1v) is 7.46. The molecule has 0 saturated carbocycles. The number of nitrogens with zero attached hydrogens (tertiary/aromatic N) is 2. The van der Waals surface area contributed by atoms with Crippen LogP contribution < -0.4 is 5.32 Å². The molecule has 0 aliphatic carbocycles. The minimum absolute atomic E-state index is 0.180. The van der Waals surface area contributed by atoms with Gasteiger partial charge < -0.3 is 10.2 Å². The summed E-state index contributed by atoms with van der Waals surface area (Å²) in [5.74, 6) is -0.804. The van der Waals surface area contributed by atoms with Crippen molar-refractivity contribution in [3.63, 3.8) is 0 Å². The monoisotopic (exact) mass is 307 g/mol. The van der Waals surface area contributed by atoms with E-state index in [1.54, 1.807) is 11.9 Å². The fourth-order valence-corrected chi connectivity index (χ4v) is 2.67. The molecular weight excluding hydrogens is 285 g/mol. The predicted octanol–water partition coefficient (Wildman–Crippen LogP) is 1.11. The maximum absolute atomic E-state index is 13.0. The number of amides is 2. The highest BCUT2D eigenvalue weighted by Gasteiger charge is 2.35. The molecule has 1 N–H and O–H groups in total. The number of benzene rings is 1. The molecule has 22 heavy (non-hydrogen) atoms. The van der Waals surface area contributed by atoms with Gasteiger partial charge in [0.05, 0.1) is 0 Å². The Balaban J connectivity index is 2.21. The zero-order valence-electron chi connectivity index (χ0n) is 13.2. The van der Waals surface area contributed by atoms with Crippen molar-refractivity contribution in [2.45, 2.75) is 25.9 Å². The fourth-order valence-electron chi connectivity index (χ4n) is 2.67. The van der Waals surface area contributed by atoms with Crippen molar-refractivity contribution >= 4 is 11.8 Å². The highest BCUT2D eigenvalue weighted by Crippen LogP contribution is 2.16. The van der Waals surface area contributed by atoms with E-state index in [1.807, 2.05) is 0 Å². The molecule has 1 aliphatic heterocycles. The molecule has 1 heterocycles. The summed E-state index contributed by atoms with van der Waals surface area (Å²) in [6.45, 7) is 5.84. The number of likely N-dealkylation sites (N-methyl/N-ethyl adjacent to an activating group) is 1. The lowest BCUT2D eigenvalue weighted by Crippen LogP contribution is -2.61. The van der Waals surface area contributed by atoms with Gasteiger partial charge in [-0.05, 0) is 38.1 Å². The standard InChI is InChI=1S/C16H22FN3O2/c1-11(2)19-8-9-20(14(10-19)15(21)18-3)16(22)12-4-6-13(17)7-5-12/h4-7,11,14H,8-10H2,1-3H3,(H,18,21)/t14-/m1/s1. The number of hydrogen-bond donors (Lipinski definition) is 1. The van der Waals surface area contributed by atoms with Crippen molar-refractivity contribution in [1.82, 2.24) is 15.1 Å². The maximum Gasteiger partial charge on any atom is 0.254 e. The summed E-state index contributed by atoms with van der Waals surface area (Å²) in [5, 5.41) is 2.62. The summed E-state index contributed by atoms with van der Waals surface area (Å²) in [7, 11) is 1.57. The molecule has 0 radical (unpaired) electrons. The van der Waals surface area contributed by atoms with Crippen LogP contribution in [-0.2, 0) is 4.79 Å². The maximum atomic E-state index is 13.0. The second-order valence-electron chi connectivity index (χ2n) is 5.72. The number of carbonyl (C=O) groups is 2. The molecule has 2 amide bonds. The lowest BCUT2D eigenvalue weighted by Gasteiger charge is -2.42. The van der Waals surface area contributed by atoms with Gasteiger partial charge in [-0.3, -0.25) is 14.5 Å². The van der Waals surface area contributed by atoms with Gasteiger partial charge in [-0.25, -0.2) is 4.39 Å². The van der Waals surface area contributed by atoms with Crippen molar-refractivity contribution in [3.05, 3.63) is 35.6 Å². The molecule has 5 nitrogen and oxygen atoms in total. The van der Waals surface area contributed by atoms with Gasteiger partial charge >= 0.3 is 0 Å². The van der Waals surface area contributed by atoms with E-state index >= 15 is 0 Å². The largest absolute Gasteiger partial charge is 0.357 e. The van der Waals surface area contributed by atoms with E-state index in [1.165, 1.54) is 24.3 Å². The van der Waals surface area contributed by atoms with Gasteiger partial charge in [-0.1, -0.05) is 0 Å². The Morgan fingerprint density at radius 3 is 2.41 bits per heavy atom. The number of rotatable bonds is 3.